The normalized spacial score (nSPS) is 16.2. The van der Waals surface area contributed by atoms with Crippen molar-refractivity contribution in [1.82, 2.24) is 9.62 Å². The van der Waals surface area contributed by atoms with Gasteiger partial charge in [-0.1, -0.05) is 36.3 Å². The Morgan fingerprint density at radius 1 is 1.26 bits per heavy atom. The van der Waals surface area contributed by atoms with Crippen molar-refractivity contribution in [1.29, 1.82) is 0 Å². The van der Waals surface area contributed by atoms with Gasteiger partial charge in [0.05, 0.1) is 17.5 Å². The monoisotopic (exact) mass is 382 g/mol. The summed E-state index contributed by atoms with van der Waals surface area (Å²) in [5.41, 5.74) is 2.77. The summed E-state index contributed by atoms with van der Waals surface area (Å²) in [7, 11) is -1.97. The molecular formula is C21H22N2O3S. The molecule has 0 fully saturated rings. The molecule has 0 heterocycles. The maximum Gasteiger partial charge on any atom is 0.254 e. The standard InChI is InChI=1S/C21H22N2O3S/c1-3-14-22-27(25,26)18-11-6-10-17(15-18)21(24)23(2)20-13-7-9-16-8-4-5-12-19(16)20/h1,4-6,8,10-12,15,20,22H,7,9,13-14H2,2H3/t20-/m0/s1. The van der Waals surface area contributed by atoms with E-state index in [1.54, 1.807) is 24.1 Å². The Balaban J connectivity index is 1.87. The van der Waals surface area contributed by atoms with Gasteiger partial charge in [-0.15, -0.1) is 6.42 Å². The van der Waals surface area contributed by atoms with Crippen LogP contribution in [-0.2, 0) is 16.4 Å². The zero-order valence-corrected chi connectivity index (χ0v) is 16.0. The van der Waals surface area contributed by atoms with E-state index in [4.69, 9.17) is 6.42 Å². The summed E-state index contributed by atoms with van der Waals surface area (Å²) in [6.07, 6.45) is 8.04. The molecule has 27 heavy (non-hydrogen) atoms. The smallest absolute Gasteiger partial charge is 0.254 e. The summed E-state index contributed by atoms with van der Waals surface area (Å²) in [5, 5.41) is 0. The molecule has 0 saturated heterocycles. The molecule has 0 unspecified atom stereocenters. The number of sulfonamides is 1. The fourth-order valence-corrected chi connectivity index (χ4v) is 4.47. The van der Waals surface area contributed by atoms with Gasteiger partial charge in [0.15, 0.2) is 0 Å². The van der Waals surface area contributed by atoms with Crippen LogP contribution in [0.2, 0.25) is 0 Å². The topological polar surface area (TPSA) is 66.5 Å². The zero-order chi connectivity index (χ0) is 19.4. The van der Waals surface area contributed by atoms with Crippen LogP contribution in [-0.4, -0.2) is 32.8 Å². The molecule has 3 rings (SSSR count). The fourth-order valence-electron chi connectivity index (χ4n) is 3.49. The number of amides is 1. The van der Waals surface area contributed by atoms with Crippen LogP contribution in [0.3, 0.4) is 0 Å². The molecule has 140 valence electrons. The first kappa shape index (κ1) is 19.2. The third kappa shape index (κ3) is 4.05. The molecule has 0 spiro atoms. The molecular weight excluding hydrogens is 360 g/mol. The molecule has 1 aliphatic carbocycles. The Labute approximate surface area is 160 Å². The number of nitrogens with one attached hydrogen (secondary N) is 1. The molecule has 1 aliphatic rings. The Bertz CT molecular complexity index is 992. The van der Waals surface area contributed by atoms with Gasteiger partial charge in [0.2, 0.25) is 10.0 Å². The van der Waals surface area contributed by atoms with Crippen molar-refractivity contribution in [3.8, 4) is 12.3 Å². The van der Waals surface area contributed by atoms with E-state index < -0.39 is 10.0 Å². The van der Waals surface area contributed by atoms with Crippen LogP contribution in [0.4, 0.5) is 0 Å². The summed E-state index contributed by atoms with van der Waals surface area (Å²) in [6, 6.07) is 14.2. The van der Waals surface area contributed by atoms with Gasteiger partial charge in [-0.25, -0.2) is 8.42 Å². The maximum atomic E-state index is 13.0. The van der Waals surface area contributed by atoms with Crippen LogP contribution in [0.15, 0.2) is 53.4 Å². The first-order valence-corrected chi connectivity index (χ1v) is 10.3. The minimum atomic E-state index is -3.74. The summed E-state index contributed by atoms with van der Waals surface area (Å²) >= 11 is 0. The fraction of sp³-hybridized carbons (Fsp3) is 0.286. The molecule has 0 aliphatic heterocycles. The summed E-state index contributed by atoms with van der Waals surface area (Å²) < 4.78 is 26.8. The Morgan fingerprint density at radius 2 is 2.04 bits per heavy atom. The highest BCUT2D eigenvalue weighted by molar-refractivity contribution is 7.89. The number of hydrogen-bond acceptors (Lipinski definition) is 3. The lowest BCUT2D eigenvalue weighted by atomic mass is 9.87. The molecule has 1 N–H and O–H groups in total. The second kappa shape index (κ2) is 7.95. The third-order valence-electron chi connectivity index (χ3n) is 4.88. The number of rotatable bonds is 5. The average molecular weight is 382 g/mol. The van der Waals surface area contributed by atoms with Crippen molar-refractivity contribution < 1.29 is 13.2 Å². The van der Waals surface area contributed by atoms with E-state index in [2.05, 4.69) is 22.8 Å². The lowest BCUT2D eigenvalue weighted by Gasteiger charge is -2.33. The van der Waals surface area contributed by atoms with Crippen LogP contribution in [0.25, 0.3) is 0 Å². The molecule has 2 aromatic rings. The second-order valence-electron chi connectivity index (χ2n) is 6.58. The lowest BCUT2D eigenvalue weighted by Crippen LogP contribution is -2.33. The van der Waals surface area contributed by atoms with Crippen LogP contribution < -0.4 is 4.72 Å². The number of nitrogens with zero attached hydrogens (tertiary/aromatic N) is 1. The number of fused-ring (bicyclic) bond motifs is 1. The van der Waals surface area contributed by atoms with Crippen LogP contribution in [0, 0.1) is 12.3 Å². The Kier molecular flexibility index (Phi) is 5.64. The lowest BCUT2D eigenvalue weighted by molar-refractivity contribution is 0.0715. The number of hydrogen-bond donors (Lipinski definition) is 1. The summed E-state index contributed by atoms with van der Waals surface area (Å²) in [6.45, 7) is -0.0979. The van der Waals surface area contributed by atoms with Crippen LogP contribution in [0.1, 0.15) is 40.4 Å². The number of aryl methyl sites for hydroxylation is 1. The number of carbonyl (C=O) groups excluding carboxylic acids is 1. The molecule has 1 amide bonds. The largest absolute Gasteiger partial charge is 0.335 e. The van der Waals surface area contributed by atoms with E-state index in [0.717, 1.165) is 19.3 Å². The average Bonchev–Trinajstić information content (AvgIpc) is 2.71. The van der Waals surface area contributed by atoms with Gasteiger partial charge in [0, 0.05) is 12.6 Å². The number of carbonyl (C=O) groups is 1. The SMILES string of the molecule is C#CCNS(=O)(=O)c1cccc(C(=O)N(C)[C@H]2CCCc3ccccc32)c1. The van der Waals surface area contributed by atoms with Gasteiger partial charge in [-0.3, -0.25) is 4.79 Å². The van der Waals surface area contributed by atoms with Crippen LogP contribution >= 0.6 is 0 Å². The van der Waals surface area contributed by atoms with Crippen molar-refractivity contribution >= 4 is 15.9 Å². The van der Waals surface area contributed by atoms with Crippen molar-refractivity contribution in [2.45, 2.75) is 30.2 Å². The number of benzene rings is 2. The predicted octanol–water partition coefficient (Wildman–Crippen LogP) is 2.75. The minimum absolute atomic E-state index is 0.0118. The first-order chi connectivity index (χ1) is 12.9. The highest BCUT2D eigenvalue weighted by Crippen LogP contribution is 2.34. The molecule has 0 aromatic heterocycles. The maximum absolute atomic E-state index is 13.0. The highest BCUT2D eigenvalue weighted by Gasteiger charge is 2.27. The van der Waals surface area contributed by atoms with Crippen molar-refractivity contribution in [2.24, 2.45) is 0 Å². The van der Waals surface area contributed by atoms with E-state index in [1.807, 2.05) is 12.1 Å². The third-order valence-corrected chi connectivity index (χ3v) is 6.28. The molecule has 0 saturated carbocycles. The zero-order valence-electron chi connectivity index (χ0n) is 15.2. The van der Waals surface area contributed by atoms with E-state index in [9.17, 15) is 13.2 Å². The van der Waals surface area contributed by atoms with E-state index in [1.165, 1.54) is 23.3 Å². The van der Waals surface area contributed by atoms with E-state index in [0.29, 0.717) is 5.56 Å². The molecule has 5 nitrogen and oxygen atoms in total. The van der Waals surface area contributed by atoms with Gasteiger partial charge in [0.1, 0.15) is 0 Å². The van der Waals surface area contributed by atoms with Gasteiger partial charge < -0.3 is 4.90 Å². The van der Waals surface area contributed by atoms with Crippen molar-refractivity contribution in [3.63, 3.8) is 0 Å². The molecule has 6 heteroatoms. The van der Waals surface area contributed by atoms with E-state index in [-0.39, 0.29) is 23.4 Å². The van der Waals surface area contributed by atoms with Crippen molar-refractivity contribution in [3.05, 3.63) is 65.2 Å². The molecule has 0 bridgehead atoms. The highest BCUT2D eigenvalue weighted by atomic mass is 32.2. The Morgan fingerprint density at radius 3 is 2.81 bits per heavy atom. The number of terminal acetylenes is 1. The molecule has 0 radical (unpaired) electrons. The first-order valence-electron chi connectivity index (χ1n) is 8.82. The summed E-state index contributed by atoms with van der Waals surface area (Å²) in [5.74, 6) is 2.03. The quantitative estimate of drug-likeness (QED) is 0.809. The summed E-state index contributed by atoms with van der Waals surface area (Å²) in [4.78, 5) is 14.8. The van der Waals surface area contributed by atoms with Gasteiger partial charge in [-0.05, 0) is 48.6 Å². The second-order valence-corrected chi connectivity index (χ2v) is 8.35. The van der Waals surface area contributed by atoms with Gasteiger partial charge >= 0.3 is 0 Å². The Hall–Kier alpha value is -2.62. The van der Waals surface area contributed by atoms with Gasteiger partial charge in [0.25, 0.3) is 5.91 Å². The molecule has 1 atom stereocenters. The van der Waals surface area contributed by atoms with Gasteiger partial charge in [-0.2, -0.15) is 4.72 Å². The van der Waals surface area contributed by atoms with E-state index >= 15 is 0 Å². The minimum Gasteiger partial charge on any atom is -0.335 e. The predicted molar refractivity (Wildman–Crippen MR) is 105 cm³/mol. The molecule has 2 aromatic carbocycles. The van der Waals surface area contributed by atoms with Crippen molar-refractivity contribution in [2.75, 3.05) is 13.6 Å². The van der Waals surface area contributed by atoms with Crippen LogP contribution in [0.5, 0.6) is 0 Å².